The Balaban J connectivity index is 0.00000225. The maximum Gasteiger partial charge on any atom is 0.289 e. The van der Waals surface area contributed by atoms with E-state index in [9.17, 15) is 8.78 Å². The van der Waals surface area contributed by atoms with Crippen LogP contribution in [0.4, 0.5) is 8.78 Å². The summed E-state index contributed by atoms with van der Waals surface area (Å²) in [6.45, 7) is -1.31. The number of aliphatic hydroxyl groups excluding tert-OH is 1. The average Bonchev–Trinajstić information content (AvgIpc) is 2.28. The van der Waals surface area contributed by atoms with Gasteiger partial charge in [-0.25, -0.2) is 8.78 Å². The molecule has 0 spiro atoms. The topological polar surface area (TPSA) is 70.0 Å². The van der Waals surface area contributed by atoms with Crippen molar-refractivity contribution in [1.29, 1.82) is 5.26 Å². The van der Waals surface area contributed by atoms with Gasteiger partial charge in [0, 0.05) is 0 Å². The van der Waals surface area contributed by atoms with Crippen LogP contribution in [0.3, 0.4) is 0 Å². The van der Waals surface area contributed by atoms with Crippen molar-refractivity contribution >= 4 is 12.4 Å². The van der Waals surface area contributed by atoms with Gasteiger partial charge in [0.05, 0.1) is 17.7 Å². The van der Waals surface area contributed by atoms with Crippen molar-refractivity contribution in [2.24, 2.45) is 5.73 Å². The van der Waals surface area contributed by atoms with Gasteiger partial charge in [0.25, 0.3) is 5.92 Å². The molecule has 1 aromatic rings. The predicted octanol–water partition coefficient (Wildman–Crippen LogP) is 1.61. The fraction of sp³-hybridized carbons (Fsp3) is 0.300. The van der Waals surface area contributed by atoms with Crippen LogP contribution in [0.5, 0.6) is 0 Å². The van der Waals surface area contributed by atoms with Crippen LogP contribution in [0, 0.1) is 11.3 Å². The summed E-state index contributed by atoms with van der Waals surface area (Å²) in [5.41, 5.74) is 5.68. The first-order chi connectivity index (χ1) is 7.01. The van der Waals surface area contributed by atoms with E-state index in [1.165, 1.54) is 24.3 Å². The zero-order valence-electron chi connectivity index (χ0n) is 8.23. The van der Waals surface area contributed by atoms with E-state index < -0.39 is 18.6 Å². The molecule has 3 N–H and O–H groups in total. The van der Waals surface area contributed by atoms with Gasteiger partial charge in [0.2, 0.25) is 0 Å². The van der Waals surface area contributed by atoms with E-state index in [0.29, 0.717) is 0 Å². The maximum absolute atomic E-state index is 13.0. The summed E-state index contributed by atoms with van der Waals surface area (Å²) in [6.07, 6.45) is 0. The molecule has 88 valence electrons. The molecular weight excluding hydrogens is 238 g/mol. The third-order valence-corrected chi connectivity index (χ3v) is 2.04. The number of aliphatic hydroxyl groups is 1. The molecule has 0 fully saturated rings. The number of nitriles is 1. The summed E-state index contributed by atoms with van der Waals surface area (Å²) in [4.78, 5) is 0. The van der Waals surface area contributed by atoms with Crippen molar-refractivity contribution in [1.82, 2.24) is 0 Å². The van der Waals surface area contributed by atoms with Crippen molar-refractivity contribution in [3.05, 3.63) is 35.4 Å². The highest BCUT2D eigenvalue weighted by Gasteiger charge is 2.37. The monoisotopic (exact) mass is 248 g/mol. The Hall–Kier alpha value is -1.22. The Morgan fingerprint density at radius 2 is 2.12 bits per heavy atom. The van der Waals surface area contributed by atoms with Gasteiger partial charge in [-0.3, -0.25) is 0 Å². The predicted molar refractivity (Wildman–Crippen MR) is 57.4 cm³/mol. The van der Waals surface area contributed by atoms with E-state index in [2.05, 4.69) is 0 Å². The maximum atomic E-state index is 13.0. The molecule has 1 rings (SSSR count). The summed E-state index contributed by atoms with van der Waals surface area (Å²) in [7, 11) is 0. The highest BCUT2D eigenvalue weighted by molar-refractivity contribution is 5.85. The lowest BCUT2D eigenvalue weighted by Gasteiger charge is -2.21. The second-order valence-corrected chi connectivity index (χ2v) is 3.13. The Labute approximate surface area is 97.9 Å². The van der Waals surface area contributed by atoms with Gasteiger partial charge in [-0.1, -0.05) is 12.1 Å². The number of benzene rings is 1. The smallest absolute Gasteiger partial charge is 0.289 e. The SMILES string of the molecule is Cl.N#Cc1cccc([C@@H](N)C(F)(F)CO)c1. The molecule has 0 unspecified atom stereocenters. The lowest BCUT2D eigenvalue weighted by molar-refractivity contribution is -0.0711. The number of alkyl halides is 2. The number of nitrogens with two attached hydrogens (primary N) is 1. The van der Waals surface area contributed by atoms with Crippen LogP contribution in [0.2, 0.25) is 0 Å². The quantitative estimate of drug-likeness (QED) is 0.854. The molecule has 6 heteroatoms. The van der Waals surface area contributed by atoms with Crippen LogP contribution in [0.1, 0.15) is 17.2 Å². The highest BCUT2D eigenvalue weighted by atomic mass is 35.5. The van der Waals surface area contributed by atoms with E-state index in [4.69, 9.17) is 16.1 Å². The van der Waals surface area contributed by atoms with Crippen molar-refractivity contribution in [3.8, 4) is 6.07 Å². The summed E-state index contributed by atoms with van der Waals surface area (Å²) in [5, 5.41) is 17.0. The largest absolute Gasteiger partial charge is 0.390 e. The van der Waals surface area contributed by atoms with E-state index >= 15 is 0 Å². The minimum atomic E-state index is -3.38. The van der Waals surface area contributed by atoms with Crippen LogP contribution in [-0.4, -0.2) is 17.6 Å². The lowest BCUT2D eigenvalue weighted by Crippen LogP contribution is -2.36. The Morgan fingerprint density at radius 3 is 2.62 bits per heavy atom. The van der Waals surface area contributed by atoms with Gasteiger partial charge in [0.15, 0.2) is 0 Å². The second kappa shape index (κ2) is 5.75. The molecule has 0 aromatic heterocycles. The summed E-state index contributed by atoms with van der Waals surface area (Å²) in [5.74, 6) is -3.38. The van der Waals surface area contributed by atoms with E-state index in [1.807, 2.05) is 6.07 Å². The van der Waals surface area contributed by atoms with Crippen LogP contribution in [-0.2, 0) is 0 Å². The molecular formula is C10H11ClF2N2O. The fourth-order valence-corrected chi connectivity index (χ4v) is 1.14. The third-order valence-electron chi connectivity index (χ3n) is 2.04. The zero-order chi connectivity index (χ0) is 11.5. The van der Waals surface area contributed by atoms with E-state index in [0.717, 1.165) is 0 Å². The first kappa shape index (κ1) is 14.8. The molecule has 0 aliphatic carbocycles. The molecule has 0 saturated heterocycles. The van der Waals surface area contributed by atoms with Gasteiger partial charge in [-0.15, -0.1) is 12.4 Å². The summed E-state index contributed by atoms with van der Waals surface area (Å²) < 4.78 is 26.0. The molecule has 0 radical (unpaired) electrons. The molecule has 16 heavy (non-hydrogen) atoms. The zero-order valence-corrected chi connectivity index (χ0v) is 9.05. The van der Waals surface area contributed by atoms with Gasteiger partial charge in [-0.2, -0.15) is 5.26 Å². The highest BCUT2D eigenvalue weighted by Crippen LogP contribution is 2.28. The Bertz CT molecular complexity index is 393. The van der Waals surface area contributed by atoms with Gasteiger partial charge in [-0.05, 0) is 17.7 Å². The summed E-state index contributed by atoms with van der Waals surface area (Å²) in [6, 6.07) is 5.88. The number of halogens is 3. The Kier molecular flexibility index (Phi) is 5.31. The fourth-order valence-electron chi connectivity index (χ4n) is 1.14. The molecule has 0 amide bonds. The van der Waals surface area contributed by atoms with E-state index in [1.54, 1.807) is 0 Å². The minimum absolute atomic E-state index is 0. The first-order valence-corrected chi connectivity index (χ1v) is 4.25. The van der Waals surface area contributed by atoms with Crippen molar-refractivity contribution in [3.63, 3.8) is 0 Å². The molecule has 0 heterocycles. The number of rotatable bonds is 3. The van der Waals surface area contributed by atoms with Gasteiger partial charge in [0.1, 0.15) is 6.61 Å². The summed E-state index contributed by atoms with van der Waals surface area (Å²) >= 11 is 0. The van der Waals surface area contributed by atoms with Crippen LogP contribution < -0.4 is 5.73 Å². The number of nitrogens with zero attached hydrogens (tertiary/aromatic N) is 1. The Morgan fingerprint density at radius 1 is 1.50 bits per heavy atom. The number of hydrogen-bond donors (Lipinski definition) is 2. The van der Waals surface area contributed by atoms with Crippen LogP contribution >= 0.6 is 12.4 Å². The molecule has 1 aromatic carbocycles. The normalized spacial score (nSPS) is 12.4. The van der Waals surface area contributed by atoms with Crippen molar-refractivity contribution in [2.45, 2.75) is 12.0 Å². The number of hydrogen-bond acceptors (Lipinski definition) is 3. The van der Waals surface area contributed by atoms with Crippen molar-refractivity contribution in [2.75, 3.05) is 6.61 Å². The molecule has 0 aliphatic rings. The van der Waals surface area contributed by atoms with Gasteiger partial charge < -0.3 is 10.8 Å². The first-order valence-electron chi connectivity index (χ1n) is 4.25. The van der Waals surface area contributed by atoms with Gasteiger partial charge >= 0.3 is 0 Å². The third kappa shape index (κ3) is 3.14. The molecule has 0 bridgehead atoms. The second-order valence-electron chi connectivity index (χ2n) is 3.13. The standard InChI is InChI=1S/C10H10F2N2O.ClH/c11-10(12,6-15)9(14)8-3-1-2-7(4-8)5-13;/h1-4,9,15H,6,14H2;1H/t9-;/m1./s1. The molecule has 3 nitrogen and oxygen atoms in total. The van der Waals surface area contributed by atoms with Crippen LogP contribution in [0.25, 0.3) is 0 Å². The molecule has 1 atom stereocenters. The van der Waals surface area contributed by atoms with Crippen LogP contribution in [0.15, 0.2) is 24.3 Å². The average molecular weight is 249 g/mol. The molecule has 0 saturated carbocycles. The minimum Gasteiger partial charge on any atom is -0.390 e. The lowest BCUT2D eigenvalue weighted by atomic mass is 10.0. The molecule has 0 aliphatic heterocycles. The van der Waals surface area contributed by atoms with Crippen molar-refractivity contribution < 1.29 is 13.9 Å². The van der Waals surface area contributed by atoms with E-state index in [-0.39, 0.29) is 23.5 Å².